The molecule has 0 amide bonds. The summed E-state index contributed by atoms with van der Waals surface area (Å²) in [5.41, 5.74) is 0.492. The zero-order chi connectivity index (χ0) is 10.6. The molecule has 0 radical (unpaired) electrons. The second-order valence-corrected chi connectivity index (χ2v) is 2.91. The Hall–Kier alpha value is -1.58. The van der Waals surface area contributed by atoms with Gasteiger partial charge in [0.05, 0.1) is 13.3 Å². The first kappa shape index (κ1) is 10.5. The molecule has 0 aliphatic heterocycles. The largest absolute Gasteiger partial charge is 0.464 e. The quantitative estimate of drug-likeness (QED) is 0.539. The zero-order valence-corrected chi connectivity index (χ0v) is 8.49. The molecule has 0 bridgehead atoms. The molecular weight excluding hydrogens is 180 g/mol. The van der Waals surface area contributed by atoms with E-state index in [0.29, 0.717) is 12.2 Å². The van der Waals surface area contributed by atoms with Crippen LogP contribution in [0.25, 0.3) is 0 Å². The first-order valence-electron chi connectivity index (χ1n) is 4.42. The number of hydrogen-bond donors (Lipinski definition) is 0. The number of ether oxygens (including phenoxy) is 1. The number of aromatic nitrogens is 2. The van der Waals surface area contributed by atoms with Gasteiger partial charge in [-0.2, -0.15) is 0 Å². The van der Waals surface area contributed by atoms with Gasteiger partial charge in [-0.25, -0.2) is 9.78 Å². The number of carbonyl (C=O) groups is 1. The van der Waals surface area contributed by atoms with Gasteiger partial charge in [0, 0.05) is 6.54 Å². The maximum Gasteiger partial charge on any atom is 0.356 e. The lowest BCUT2D eigenvalue weighted by Gasteiger charge is -2.06. The summed E-state index contributed by atoms with van der Waals surface area (Å²) in [4.78, 5) is 15.4. The summed E-state index contributed by atoms with van der Waals surface area (Å²) in [7, 11) is 1.36. The summed E-state index contributed by atoms with van der Waals surface area (Å²) < 4.78 is 6.47. The molecule has 0 unspecified atom stereocenters. The molecule has 0 aromatic carbocycles. The van der Waals surface area contributed by atoms with Crippen molar-refractivity contribution in [2.24, 2.45) is 0 Å². The third-order valence-corrected chi connectivity index (χ3v) is 2.01. The van der Waals surface area contributed by atoms with Gasteiger partial charge >= 0.3 is 5.97 Å². The summed E-state index contributed by atoms with van der Waals surface area (Å²) in [6, 6.07) is 0. The summed E-state index contributed by atoms with van der Waals surface area (Å²) in [6.07, 6.45) is 4.14. The van der Waals surface area contributed by atoms with Crippen LogP contribution in [0.2, 0.25) is 0 Å². The number of rotatable bonds is 4. The van der Waals surface area contributed by atoms with E-state index in [1.165, 1.54) is 13.3 Å². The second-order valence-electron chi connectivity index (χ2n) is 2.91. The van der Waals surface area contributed by atoms with Gasteiger partial charge in [-0.15, -0.1) is 6.58 Å². The molecule has 0 aliphatic carbocycles. The molecule has 0 fully saturated rings. The smallest absolute Gasteiger partial charge is 0.356 e. The Labute approximate surface area is 83.2 Å². The SMILES string of the molecule is C=CCCn1c(C(=O)OC)cnc1C. The van der Waals surface area contributed by atoms with Crippen molar-refractivity contribution >= 4 is 5.97 Å². The highest BCUT2D eigenvalue weighted by molar-refractivity contribution is 5.87. The van der Waals surface area contributed by atoms with Crippen LogP contribution in [0.3, 0.4) is 0 Å². The molecule has 76 valence electrons. The molecule has 1 heterocycles. The molecule has 1 aromatic rings. The number of esters is 1. The topological polar surface area (TPSA) is 44.1 Å². The van der Waals surface area contributed by atoms with Gasteiger partial charge < -0.3 is 9.30 Å². The first-order chi connectivity index (χ1) is 6.70. The fourth-order valence-corrected chi connectivity index (χ4v) is 1.24. The van der Waals surface area contributed by atoms with Crippen molar-refractivity contribution in [2.45, 2.75) is 19.9 Å². The first-order valence-corrected chi connectivity index (χ1v) is 4.42. The van der Waals surface area contributed by atoms with Gasteiger partial charge in [0.15, 0.2) is 0 Å². The van der Waals surface area contributed by atoms with E-state index < -0.39 is 0 Å². The molecule has 4 nitrogen and oxygen atoms in total. The van der Waals surface area contributed by atoms with Crippen LogP contribution < -0.4 is 0 Å². The highest BCUT2D eigenvalue weighted by atomic mass is 16.5. The van der Waals surface area contributed by atoms with Crippen LogP contribution in [-0.4, -0.2) is 22.6 Å². The van der Waals surface area contributed by atoms with Crippen molar-refractivity contribution in [2.75, 3.05) is 7.11 Å². The van der Waals surface area contributed by atoms with E-state index in [0.717, 1.165) is 12.2 Å². The Morgan fingerprint density at radius 1 is 1.79 bits per heavy atom. The average molecular weight is 194 g/mol. The van der Waals surface area contributed by atoms with Crippen LogP contribution in [-0.2, 0) is 11.3 Å². The lowest BCUT2D eigenvalue weighted by Crippen LogP contribution is -2.11. The van der Waals surface area contributed by atoms with Crippen LogP contribution >= 0.6 is 0 Å². The molecule has 1 rings (SSSR count). The predicted octanol–water partition coefficient (Wildman–Crippen LogP) is 1.55. The van der Waals surface area contributed by atoms with Crippen LogP contribution in [0.5, 0.6) is 0 Å². The third kappa shape index (κ3) is 2.02. The van der Waals surface area contributed by atoms with E-state index in [1.807, 2.05) is 11.5 Å². The molecule has 0 N–H and O–H groups in total. The average Bonchev–Trinajstić information content (AvgIpc) is 2.56. The molecule has 0 saturated heterocycles. The molecule has 1 aromatic heterocycles. The highest BCUT2D eigenvalue weighted by Crippen LogP contribution is 2.07. The van der Waals surface area contributed by atoms with E-state index in [9.17, 15) is 4.79 Å². The van der Waals surface area contributed by atoms with Gasteiger partial charge in [0.2, 0.25) is 0 Å². The fourth-order valence-electron chi connectivity index (χ4n) is 1.24. The van der Waals surface area contributed by atoms with Crippen molar-refractivity contribution in [3.63, 3.8) is 0 Å². The number of aryl methyl sites for hydroxylation is 1. The van der Waals surface area contributed by atoms with Crippen molar-refractivity contribution in [3.8, 4) is 0 Å². The van der Waals surface area contributed by atoms with E-state index in [4.69, 9.17) is 0 Å². The Kier molecular flexibility index (Phi) is 3.45. The van der Waals surface area contributed by atoms with Gasteiger partial charge in [-0.05, 0) is 13.3 Å². The monoisotopic (exact) mass is 194 g/mol. The lowest BCUT2D eigenvalue weighted by atomic mass is 10.4. The zero-order valence-electron chi connectivity index (χ0n) is 8.49. The molecule has 0 atom stereocenters. The standard InChI is InChI=1S/C10H14N2O2/c1-4-5-6-12-8(2)11-7-9(12)10(13)14-3/h4,7H,1,5-6H2,2-3H3. The number of methoxy groups -OCH3 is 1. The minimum Gasteiger partial charge on any atom is -0.464 e. The van der Waals surface area contributed by atoms with Crippen LogP contribution in [0, 0.1) is 6.92 Å². The Bertz CT molecular complexity index is 342. The van der Waals surface area contributed by atoms with Crippen molar-refractivity contribution in [3.05, 3.63) is 30.4 Å². The van der Waals surface area contributed by atoms with Gasteiger partial charge in [0.25, 0.3) is 0 Å². The Balaban J connectivity index is 2.93. The maximum absolute atomic E-state index is 11.3. The van der Waals surface area contributed by atoms with Gasteiger partial charge in [-0.3, -0.25) is 0 Å². The molecule has 14 heavy (non-hydrogen) atoms. The Morgan fingerprint density at radius 2 is 2.50 bits per heavy atom. The van der Waals surface area contributed by atoms with Crippen LogP contribution in [0.4, 0.5) is 0 Å². The molecule has 0 aliphatic rings. The summed E-state index contributed by atoms with van der Waals surface area (Å²) in [5.74, 6) is 0.460. The van der Waals surface area contributed by atoms with E-state index >= 15 is 0 Å². The van der Waals surface area contributed by atoms with Gasteiger partial charge in [-0.1, -0.05) is 6.08 Å². The summed E-state index contributed by atoms with van der Waals surface area (Å²) in [5, 5.41) is 0. The molecule has 0 saturated carbocycles. The molecule has 0 spiro atoms. The molecular formula is C10H14N2O2. The third-order valence-electron chi connectivity index (χ3n) is 2.01. The fraction of sp³-hybridized carbons (Fsp3) is 0.400. The number of allylic oxidation sites excluding steroid dienone is 1. The summed E-state index contributed by atoms with van der Waals surface area (Å²) in [6.45, 7) is 6.20. The van der Waals surface area contributed by atoms with Crippen LogP contribution in [0.15, 0.2) is 18.9 Å². The highest BCUT2D eigenvalue weighted by Gasteiger charge is 2.13. The number of nitrogens with zero attached hydrogens (tertiary/aromatic N) is 2. The van der Waals surface area contributed by atoms with E-state index in [2.05, 4.69) is 16.3 Å². The minimum absolute atomic E-state index is 0.352. The molecule has 4 heteroatoms. The van der Waals surface area contributed by atoms with Crippen molar-refractivity contribution in [1.29, 1.82) is 0 Å². The summed E-state index contributed by atoms with van der Waals surface area (Å²) >= 11 is 0. The maximum atomic E-state index is 11.3. The lowest BCUT2D eigenvalue weighted by molar-refractivity contribution is 0.0588. The van der Waals surface area contributed by atoms with Crippen molar-refractivity contribution < 1.29 is 9.53 Å². The van der Waals surface area contributed by atoms with E-state index in [-0.39, 0.29) is 5.97 Å². The van der Waals surface area contributed by atoms with E-state index in [1.54, 1.807) is 6.08 Å². The Morgan fingerprint density at radius 3 is 3.07 bits per heavy atom. The normalized spacial score (nSPS) is 9.86. The predicted molar refractivity (Wildman–Crippen MR) is 53.1 cm³/mol. The van der Waals surface area contributed by atoms with Crippen molar-refractivity contribution in [1.82, 2.24) is 9.55 Å². The number of carbonyl (C=O) groups excluding carboxylic acids is 1. The van der Waals surface area contributed by atoms with Gasteiger partial charge in [0.1, 0.15) is 11.5 Å². The second kappa shape index (κ2) is 4.60. The van der Waals surface area contributed by atoms with Crippen LogP contribution in [0.1, 0.15) is 22.7 Å². The number of hydrogen-bond acceptors (Lipinski definition) is 3. The number of imidazole rings is 1. The minimum atomic E-state index is -0.352.